The maximum atomic E-state index is 13.7. The zero-order valence-electron chi connectivity index (χ0n) is 10.4. The molecule has 1 aromatic carbocycles. The molecule has 4 nitrogen and oxygen atoms in total. The van der Waals surface area contributed by atoms with Crippen molar-refractivity contribution in [2.45, 2.75) is 24.0 Å². The lowest BCUT2D eigenvalue weighted by molar-refractivity contribution is -0.0140. The fourth-order valence-electron chi connectivity index (χ4n) is 2.00. The lowest BCUT2D eigenvalue weighted by Crippen LogP contribution is -2.51. The molecule has 0 radical (unpaired) electrons. The van der Waals surface area contributed by atoms with E-state index in [2.05, 4.69) is 15.9 Å². The van der Waals surface area contributed by atoms with E-state index in [1.54, 1.807) is 6.92 Å². The summed E-state index contributed by atoms with van der Waals surface area (Å²) in [5.74, 6) is -0.725. The van der Waals surface area contributed by atoms with Crippen LogP contribution in [-0.4, -0.2) is 43.4 Å². The minimum absolute atomic E-state index is 0.210. The highest BCUT2D eigenvalue weighted by Gasteiger charge is 2.36. The molecule has 0 spiro atoms. The van der Waals surface area contributed by atoms with Crippen LogP contribution >= 0.6 is 15.9 Å². The van der Waals surface area contributed by atoms with Gasteiger partial charge in [0.2, 0.25) is 10.0 Å². The Morgan fingerprint density at radius 1 is 1.47 bits per heavy atom. The SMILES string of the molecule is CC1COC(CBr)CN1S(=O)(=O)c1ccccc1F. The van der Waals surface area contributed by atoms with Gasteiger partial charge in [0.05, 0.1) is 12.7 Å². The minimum Gasteiger partial charge on any atom is -0.374 e. The van der Waals surface area contributed by atoms with Gasteiger partial charge in [0, 0.05) is 17.9 Å². The Balaban J connectivity index is 2.36. The maximum absolute atomic E-state index is 13.7. The molecule has 0 bridgehead atoms. The second-order valence-electron chi connectivity index (χ2n) is 4.46. The van der Waals surface area contributed by atoms with Crippen molar-refractivity contribution in [1.29, 1.82) is 0 Å². The van der Waals surface area contributed by atoms with Gasteiger partial charge in [-0.25, -0.2) is 12.8 Å². The molecule has 0 N–H and O–H groups in total. The van der Waals surface area contributed by atoms with E-state index in [0.717, 1.165) is 6.07 Å². The minimum atomic E-state index is -3.83. The Hall–Kier alpha value is -0.500. The second kappa shape index (κ2) is 5.87. The average molecular weight is 352 g/mol. The lowest BCUT2D eigenvalue weighted by atomic mass is 10.2. The number of sulfonamides is 1. The summed E-state index contributed by atoms with van der Waals surface area (Å²) in [5, 5.41) is 0.545. The number of rotatable bonds is 3. The van der Waals surface area contributed by atoms with Crippen LogP contribution in [0, 0.1) is 5.82 Å². The summed E-state index contributed by atoms with van der Waals surface area (Å²) in [6.45, 7) is 2.29. The molecule has 0 amide bonds. The van der Waals surface area contributed by atoms with Crippen LogP contribution in [0.15, 0.2) is 29.2 Å². The molecule has 1 aliphatic rings. The number of hydrogen-bond donors (Lipinski definition) is 0. The maximum Gasteiger partial charge on any atom is 0.246 e. The third-order valence-corrected chi connectivity index (χ3v) is 5.78. The molecule has 2 atom stereocenters. The molecular formula is C12H15BrFNO3S. The number of halogens is 2. The second-order valence-corrected chi connectivity index (χ2v) is 6.97. The third-order valence-electron chi connectivity index (χ3n) is 3.04. The first kappa shape index (κ1) is 14.9. The number of morpholine rings is 1. The summed E-state index contributed by atoms with van der Waals surface area (Å²) in [5.41, 5.74) is 0. The Morgan fingerprint density at radius 3 is 2.79 bits per heavy atom. The summed E-state index contributed by atoms with van der Waals surface area (Å²) >= 11 is 3.28. The molecule has 7 heteroatoms. The molecule has 1 aromatic rings. The molecule has 1 heterocycles. The van der Waals surface area contributed by atoms with Gasteiger partial charge in [0.25, 0.3) is 0 Å². The standard InChI is InChI=1S/C12H15BrFNO3S/c1-9-8-18-10(6-13)7-15(9)19(16,17)12-5-3-2-4-11(12)14/h2-5,9-10H,6-8H2,1H3. The summed E-state index contributed by atoms with van der Waals surface area (Å²) in [7, 11) is -3.83. The molecule has 1 saturated heterocycles. The Labute approximate surface area is 120 Å². The summed E-state index contributed by atoms with van der Waals surface area (Å²) in [6.07, 6.45) is -0.210. The van der Waals surface area contributed by atoms with Crippen LogP contribution in [-0.2, 0) is 14.8 Å². The van der Waals surface area contributed by atoms with E-state index in [1.165, 1.54) is 22.5 Å². The number of benzene rings is 1. The van der Waals surface area contributed by atoms with E-state index in [0.29, 0.717) is 11.9 Å². The largest absolute Gasteiger partial charge is 0.374 e. The van der Waals surface area contributed by atoms with Gasteiger partial charge in [0.1, 0.15) is 10.7 Å². The first-order valence-corrected chi connectivity index (χ1v) is 8.47. The molecule has 1 aliphatic heterocycles. The Bertz CT molecular complexity index is 552. The number of ether oxygens (including phenoxy) is 1. The van der Waals surface area contributed by atoms with Crippen LogP contribution in [0.3, 0.4) is 0 Å². The Morgan fingerprint density at radius 2 is 2.16 bits per heavy atom. The Kier molecular flexibility index (Phi) is 4.60. The first-order chi connectivity index (χ1) is 8.96. The van der Waals surface area contributed by atoms with Crippen LogP contribution in [0.5, 0.6) is 0 Å². The number of nitrogens with zero attached hydrogens (tertiary/aromatic N) is 1. The van der Waals surface area contributed by atoms with Crippen LogP contribution in [0.25, 0.3) is 0 Å². The molecular weight excluding hydrogens is 337 g/mol. The fraction of sp³-hybridized carbons (Fsp3) is 0.500. The molecule has 19 heavy (non-hydrogen) atoms. The van der Waals surface area contributed by atoms with Crippen molar-refractivity contribution in [3.8, 4) is 0 Å². The van der Waals surface area contributed by atoms with Gasteiger partial charge in [0.15, 0.2) is 0 Å². The van der Waals surface area contributed by atoms with Crippen LogP contribution in [0.1, 0.15) is 6.92 Å². The van der Waals surface area contributed by atoms with E-state index in [-0.39, 0.29) is 23.6 Å². The van der Waals surface area contributed by atoms with Crippen molar-refractivity contribution in [1.82, 2.24) is 4.31 Å². The van der Waals surface area contributed by atoms with Gasteiger partial charge < -0.3 is 4.74 Å². The molecule has 0 saturated carbocycles. The van der Waals surface area contributed by atoms with Crippen LogP contribution in [0.4, 0.5) is 4.39 Å². The van der Waals surface area contributed by atoms with E-state index in [4.69, 9.17) is 4.74 Å². The van der Waals surface area contributed by atoms with Gasteiger partial charge in [-0.1, -0.05) is 28.1 Å². The van der Waals surface area contributed by atoms with Gasteiger partial charge in [-0.15, -0.1) is 0 Å². The highest BCUT2D eigenvalue weighted by Crippen LogP contribution is 2.24. The third kappa shape index (κ3) is 2.99. The van der Waals surface area contributed by atoms with Gasteiger partial charge in [-0.2, -0.15) is 4.31 Å². The van der Waals surface area contributed by atoms with Gasteiger partial charge in [-0.3, -0.25) is 0 Å². The normalized spacial score (nSPS) is 25.4. The quantitative estimate of drug-likeness (QED) is 0.782. The van der Waals surface area contributed by atoms with Crippen LogP contribution < -0.4 is 0 Å². The molecule has 106 valence electrons. The highest BCUT2D eigenvalue weighted by molar-refractivity contribution is 9.09. The summed E-state index contributed by atoms with van der Waals surface area (Å²) < 4.78 is 45.5. The molecule has 1 fully saturated rings. The van der Waals surface area contributed by atoms with Crippen molar-refractivity contribution >= 4 is 26.0 Å². The topological polar surface area (TPSA) is 46.6 Å². The van der Waals surface area contributed by atoms with E-state index in [1.807, 2.05) is 0 Å². The number of hydrogen-bond acceptors (Lipinski definition) is 3. The zero-order chi connectivity index (χ0) is 14.0. The molecule has 0 aromatic heterocycles. The summed E-state index contributed by atoms with van der Waals surface area (Å²) in [4.78, 5) is -0.280. The number of alkyl halides is 1. The van der Waals surface area contributed by atoms with Gasteiger partial charge in [-0.05, 0) is 19.1 Å². The van der Waals surface area contributed by atoms with Crippen molar-refractivity contribution < 1.29 is 17.5 Å². The predicted octanol–water partition coefficient (Wildman–Crippen LogP) is 2.00. The first-order valence-electron chi connectivity index (χ1n) is 5.90. The zero-order valence-corrected chi connectivity index (χ0v) is 12.8. The molecule has 2 unspecified atom stereocenters. The predicted molar refractivity (Wildman–Crippen MR) is 73.3 cm³/mol. The van der Waals surface area contributed by atoms with E-state index in [9.17, 15) is 12.8 Å². The smallest absolute Gasteiger partial charge is 0.246 e. The fourth-order valence-corrected chi connectivity index (χ4v) is 4.11. The van der Waals surface area contributed by atoms with Crippen molar-refractivity contribution in [3.05, 3.63) is 30.1 Å². The van der Waals surface area contributed by atoms with E-state index >= 15 is 0 Å². The highest BCUT2D eigenvalue weighted by atomic mass is 79.9. The summed E-state index contributed by atoms with van der Waals surface area (Å²) in [6, 6.07) is 5.12. The van der Waals surface area contributed by atoms with Crippen molar-refractivity contribution in [2.24, 2.45) is 0 Å². The van der Waals surface area contributed by atoms with Crippen molar-refractivity contribution in [3.63, 3.8) is 0 Å². The van der Waals surface area contributed by atoms with Crippen molar-refractivity contribution in [2.75, 3.05) is 18.5 Å². The van der Waals surface area contributed by atoms with Crippen LogP contribution in [0.2, 0.25) is 0 Å². The molecule has 2 rings (SSSR count). The monoisotopic (exact) mass is 351 g/mol. The van der Waals surface area contributed by atoms with E-state index < -0.39 is 15.8 Å². The van der Waals surface area contributed by atoms with Gasteiger partial charge >= 0.3 is 0 Å². The lowest BCUT2D eigenvalue weighted by Gasteiger charge is -2.36. The molecule has 0 aliphatic carbocycles. The average Bonchev–Trinajstić information content (AvgIpc) is 2.39.